The van der Waals surface area contributed by atoms with Crippen molar-refractivity contribution in [1.29, 1.82) is 0 Å². The minimum absolute atomic E-state index is 0.0748. The Labute approximate surface area is 205 Å². The molecule has 1 amide bonds. The van der Waals surface area contributed by atoms with E-state index in [-0.39, 0.29) is 11.3 Å². The number of benzene rings is 2. The van der Waals surface area contributed by atoms with Crippen LogP contribution in [0.25, 0.3) is 5.76 Å². The fourth-order valence-corrected chi connectivity index (χ4v) is 4.16. The molecule has 0 aliphatic carbocycles. The zero-order valence-electron chi connectivity index (χ0n) is 19.9. The minimum atomic E-state index is -0.695. The molecule has 1 N–H and O–H groups in total. The molecule has 7 heteroatoms. The molecule has 1 atom stereocenters. The SMILES string of the molecule is CN(C)CCCN1C(=O)C(=O)/C(=C(/O)c2ccc(OCc3ccccc3)cc2)C1c1cccnc1. The second kappa shape index (κ2) is 11.0. The van der Waals surface area contributed by atoms with Crippen LogP contribution in [0.4, 0.5) is 0 Å². The quantitative estimate of drug-likeness (QED) is 0.288. The number of aliphatic hydroxyl groups is 1. The van der Waals surface area contributed by atoms with Gasteiger partial charge in [-0.2, -0.15) is 0 Å². The van der Waals surface area contributed by atoms with Gasteiger partial charge in [0, 0.05) is 24.5 Å². The first kappa shape index (κ1) is 24.2. The number of pyridine rings is 1. The van der Waals surface area contributed by atoms with Gasteiger partial charge in [0.2, 0.25) is 0 Å². The lowest BCUT2D eigenvalue weighted by Crippen LogP contribution is -2.32. The zero-order valence-corrected chi connectivity index (χ0v) is 19.9. The van der Waals surface area contributed by atoms with Gasteiger partial charge in [-0.25, -0.2) is 0 Å². The van der Waals surface area contributed by atoms with E-state index in [2.05, 4.69) is 4.98 Å². The van der Waals surface area contributed by atoms with E-state index in [1.807, 2.05) is 55.4 Å². The van der Waals surface area contributed by atoms with Gasteiger partial charge in [-0.1, -0.05) is 36.4 Å². The average molecular weight is 472 g/mol. The lowest BCUT2D eigenvalue weighted by atomic mass is 9.96. The van der Waals surface area contributed by atoms with Gasteiger partial charge in [-0.3, -0.25) is 14.6 Å². The first-order chi connectivity index (χ1) is 17.0. The maximum Gasteiger partial charge on any atom is 0.295 e. The van der Waals surface area contributed by atoms with E-state index in [0.29, 0.717) is 36.4 Å². The largest absolute Gasteiger partial charge is 0.507 e. The van der Waals surface area contributed by atoms with Crippen molar-refractivity contribution in [2.75, 3.05) is 27.2 Å². The number of carbonyl (C=O) groups is 2. The Morgan fingerprint density at radius 3 is 2.43 bits per heavy atom. The number of carbonyl (C=O) groups excluding carboxylic acids is 2. The number of nitrogens with zero attached hydrogens (tertiary/aromatic N) is 3. The summed E-state index contributed by atoms with van der Waals surface area (Å²) in [6.07, 6.45) is 3.96. The highest BCUT2D eigenvalue weighted by atomic mass is 16.5. The van der Waals surface area contributed by atoms with E-state index < -0.39 is 17.7 Å². The van der Waals surface area contributed by atoms with Crippen LogP contribution in [-0.4, -0.2) is 58.8 Å². The van der Waals surface area contributed by atoms with Gasteiger partial charge in [-0.05, 0) is 68.5 Å². The summed E-state index contributed by atoms with van der Waals surface area (Å²) in [7, 11) is 3.92. The van der Waals surface area contributed by atoms with Crippen LogP contribution in [0.5, 0.6) is 5.75 Å². The van der Waals surface area contributed by atoms with Crippen molar-refractivity contribution in [2.24, 2.45) is 0 Å². The number of hydrogen-bond acceptors (Lipinski definition) is 6. The molecule has 0 radical (unpaired) electrons. The molecule has 7 nitrogen and oxygen atoms in total. The normalized spacial score (nSPS) is 17.2. The number of amides is 1. The van der Waals surface area contributed by atoms with Gasteiger partial charge < -0.3 is 19.6 Å². The maximum absolute atomic E-state index is 13.1. The first-order valence-corrected chi connectivity index (χ1v) is 11.6. The first-order valence-electron chi connectivity index (χ1n) is 11.6. The van der Waals surface area contributed by atoms with Gasteiger partial charge >= 0.3 is 0 Å². The predicted octanol–water partition coefficient (Wildman–Crippen LogP) is 4.03. The fourth-order valence-electron chi connectivity index (χ4n) is 4.16. The fraction of sp³-hybridized carbons (Fsp3) is 0.250. The summed E-state index contributed by atoms with van der Waals surface area (Å²) in [4.78, 5) is 33.8. The van der Waals surface area contributed by atoms with Gasteiger partial charge in [0.25, 0.3) is 11.7 Å². The summed E-state index contributed by atoms with van der Waals surface area (Å²) in [5, 5.41) is 11.2. The van der Waals surface area contributed by atoms with Crippen molar-refractivity contribution >= 4 is 17.4 Å². The maximum atomic E-state index is 13.1. The van der Waals surface area contributed by atoms with Crippen molar-refractivity contribution in [1.82, 2.24) is 14.8 Å². The van der Waals surface area contributed by atoms with Crippen molar-refractivity contribution < 1.29 is 19.4 Å². The van der Waals surface area contributed by atoms with Crippen LogP contribution in [-0.2, 0) is 16.2 Å². The highest BCUT2D eigenvalue weighted by molar-refractivity contribution is 6.46. The zero-order chi connectivity index (χ0) is 24.8. The number of likely N-dealkylation sites (tertiary alicyclic amines) is 1. The molecule has 1 unspecified atom stereocenters. The molecule has 0 saturated carbocycles. The Morgan fingerprint density at radius 1 is 1.03 bits per heavy atom. The third-order valence-electron chi connectivity index (χ3n) is 5.92. The summed E-state index contributed by atoms with van der Waals surface area (Å²) >= 11 is 0. The number of Topliss-reactive ketones (excluding diaryl/α,β-unsaturated/α-hetero) is 1. The van der Waals surface area contributed by atoms with Gasteiger partial charge in [0.1, 0.15) is 18.1 Å². The molecule has 1 saturated heterocycles. The van der Waals surface area contributed by atoms with Crippen LogP contribution < -0.4 is 4.74 Å². The van der Waals surface area contributed by atoms with E-state index in [4.69, 9.17) is 4.74 Å². The Balaban J connectivity index is 1.61. The number of ether oxygens (including phenoxy) is 1. The molecule has 0 bridgehead atoms. The third-order valence-corrected chi connectivity index (χ3v) is 5.92. The molecule has 180 valence electrons. The van der Waals surface area contributed by atoms with E-state index in [1.54, 1.807) is 42.7 Å². The van der Waals surface area contributed by atoms with Crippen molar-refractivity contribution in [3.05, 3.63) is 101 Å². The highest BCUT2D eigenvalue weighted by Crippen LogP contribution is 2.39. The summed E-state index contributed by atoms with van der Waals surface area (Å²) in [6, 6.07) is 19.6. The molecule has 1 fully saturated rings. The van der Waals surface area contributed by atoms with Crippen LogP contribution in [0.3, 0.4) is 0 Å². The standard InChI is InChI=1S/C28H29N3O4/c1-30(2)16-7-17-31-25(22-10-6-15-29-18-22)24(27(33)28(31)34)26(32)21-11-13-23(14-12-21)35-19-20-8-4-3-5-9-20/h3-6,8-15,18,25,32H,7,16-17,19H2,1-2H3/b26-24+. The summed E-state index contributed by atoms with van der Waals surface area (Å²) in [5.41, 5.74) is 2.24. The highest BCUT2D eigenvalue weighted by Gasteiger charge is 2.45. The molecule has 1 aliphatic rings. The molecule has 1 aliphatic heterocycles. The van der Waals surface area contributed by atoms with Crippen LogP contribution in [0, 0.1) is 0 Å². The topological polar surface area (TPSA) is 83.0 Å². The lowest BCUT2D eigenvalue weighted by molar-refractivity contribution is -0.139. The second-order valence-electron chi connectivity index (χ2n) is 8.73. The minimum Gasteiger partial charge on any atom is -0.507 e. The molecule has 0 spiro atoms. The molecule has 1 aromatic heterocycles. The van der Waals surface area contributed by atoms with Crippen LogP contribution >= 0.6 is 0 Å². The average Bonchev–Trinajstić information content (AvgIpc) is 3.13. The number of aromatic nitrogens is 1. The summed E-state index contributed by atoms with van der Waals surface area (Å²) < 4.78 is 5.82. The van der Waals surface area contributed by atoms with Crippen molar-refractivity contribution in [3.63, 3.8) is 0 Å². The second-order valence-corrected chi connectivity index (χ2v) is 8.73. The Hall–Kier alpha value is -3.97. The molecule has 2 aromatic carbocycles. The monoisotopic (exact) mass is 471 g/mol. The van der Waals surface area contributed by atoms with Crippen LogP contribution in [0.1, 0.15) is 29.2 Å². The number of aliphatic hydroxyl groups excluding tert-OH is 1. The summed E-state index contributed by atoms with van der Waals surface area (Å²) in [5.74, 6) is -0.868. The van der Waals surface area contributed by atoms with Gasteiger partial charge in [0.15, 0.2) is 0 Å². The Morgan fingerprint density at radius 2 is 1.77 bits per heavy atom. The number of rotatable bonds is 9. The van der Waals surface area contributed by atoms with Crippen LogP contribution in [0.2, 0.25) is 0 Å². The van der Waals surface area contributed by atoms with Gasteiger partial charge in [-0.15, -0.1) is 0 Å². The molecule has 35 heavy (non-hydrogen) atoms. The van der Waals surface area contributed by atoms with E-state index in [1.165, 1.54) is 4.90 Å². The molecule has 2 heterocycles. The Bertz CT molecular complexity index is 1190. The molecular formula is C28H29N3O4. The molecule has 4 rings (SSSR count). The Kier molecular flexibility index (Phi) is 7.57. The van der Waals surface area contributed by atoms with E-state index >= 15 is 0 Å². The van der Waals surface area contributed by atoms with E-state index in [9.17, 15) is 14.7 Å². The number of ketones is 1. The molecule has 3 aromatic rings. The third kappa shape index (κ3) is 5.58. The van der Waals surface area contributed by atoms with Crippen molar-refractivity contribution in [3.8, 4) is 5.75 Å². The summed E-state index contributed by atoms with van der Waals surface area (Å²) in [6.45, 7) is 1.59. The number of hydrogen-bond donors (Lipinski definition) is 1. The molecular weight excluding hydrogens is 442 g/mol. The van der Waals surface area contributed by atoms with Crippen LogP contribution in [0.15, 0.2) is 84.7 Å². The predicted molar refractivity (Wildman–Crippen MR) is 134 cm³/mol. The van der Waals surface area contributed by atoms with E-state index in [0.717, 1.165) is 12.1 Å². The van der Waals surface area contributed by atoms with Crippen molar-refractivity contribution in [2.45, 2.75) is 19.1 Å². The lowest BCUT2D eigenvalue weighted by Gasteiger charge is -2.25. The smallest absolute Gasteiger partial charge is 0.295 e. The van der Waals surface area contributed by atoms with Gasteiger partial charge in [0.05, 0.1) is 11.6 Å².